The van der Waals surface area contributed by atoms with Crippen LogP contribution in [-0.2, 0) is 6.54 Å². The second kappa shape index (κ2) is 6.70. The van der Waals surface area contributed by atoms with E-state index in [1.165, 1.54) is 5.69 Å². The van der Waals surface area contributed by atoms with Gasteiger partial charge in [-0.1, -0.05) is 11.6 Å². The van der Waals surface area contributed by atoms with Crippen LogP contribution in [0.1, 0.15) is 5.69 Å². The number of nitrogens with one attached hydrogen (secondary N) is 1. The van der Waals surface area contributed by atoms with Crippen LogP contribution >= 0.6 is 11.6 Å². The average Bonchev–Trinajstić information content (AvgIpc) is 3.07. The molecule has 0 saturated carbocycles. The number of nitrogens with zero attached hydrogens (tertiary/aromatic N) is 4. The number of nitrogens with two attached hydrogens (primary N) is 1. The van der Waals surface area contributed by atoms with Crippen LogP contribution in [0.3, 0.4) is 0 Å². The summed E-state index contributed by atoms with van der Waals surface area (Å²) in [6, 6.07) is 9.84. The number of guanidine groups is 1. The van der Waals surface area contributed by atoms with E-state index < -0.39 is 0 Å². The zero-order valence-corrected chi connectivity index (χ0v) is 13.0. The van der Waals surface area contributed by atoms with Gasteiger partial charge in [0.1, 0.15) is 0 Å². The minimum absolute atomic E-state index is 0.531. The predicted molar refractivity (Wildman–Crippen MR) is 89.2 cm³/mol. The molecular weight excluding hydrogens is 300 g/mol. The van der Waals surface area contributed by atoms with Crippen molar-refractivity contribution in [3.63, 3.8) is 0 Å². The molecule has 22 heavy (non-hydrogen) atoms. The van der Waals surface area contributed by atoms with Gasteiger partial charge in [0.15, 0.2) is 5.96 Å². The Morgan fingerprint density at radius 2 is 1.91 bits per heavy atom. The molecule has 0 aliphatic carbocycles. The van der Waals surface area contributed by atoms with Crippen LogP contribution in [0.15, 0.2) is 41.5 Å². The van der Waals surface area contributed by atoms with Gasteiger partial charge in [-0.15, -0.1) is 0 Å². The number of aliphatic imine (C=N–C) groups is 1. The fourth-order valence-corrected chi connectivity index (χ4v) is 2.61. The molecule has 0 unspecified atom stereocenters. The molecule has 1 aliphatic rings. The number of H-pyrrole nitrogens is 1. The predicted octanol–water partition coefficient (Wildman–Crippen LogP) is 1.70. The van der Waals surface area contributed by atoms with E-state index in [0.717, 1.165) is 36.9 Å². The summed E-state index contributed by atoms with van der Waals surface area (Å²) in [4.78, 5) is 8.86. The molecule has 3 rings (SSSR count). The highest BCUT2D eigenvalue weighted by atomic mass is 35.5. The van der Waals surface area contributed by atoms with Gasteiger partial charge in [0.25, 0.3) is 0 Å². The number of rotatable bonds is 3. The van der Waals surface area contributed by atoms with Crippen molar-refractivity contribution in [3.8, 4) is 0 Å². The Morgan fingerprint density at radius 1 is 1.18 bits per heavy atom. The van der Waals surface area contributed by atoms with Crippen molar-refractivity contribution in [2.75, 3.05) is 31.1 Å². The average molecular weight is 319 g/mol. The highest BCUT2D eigenvalue weighted by molar-refractivity contribution is 6.30. The van der Waals surface area contributed by atoms with Crippen LogP contribution in [0, 0.1) is 0 Å². The Bertz CT molecular complexity index is 614. The van der Waals surface area contributed by atoms with Crippen molar-refractivity contribution in [3.05, 3.63) is 47.2 Å². The number of halogens is 1. The van der Waals surface area contributed by atoms with Crippen molar-refractivity contribution in [1.82, 2.24) is 15.1 Å². The van der Waals surface area contributed by atoms with Crippen LogP contribution in [0.25, 0.3) is 0 Å². The van der Waals surface area contributed by atoms with Crippen LogP contribution in [-0.4, -0.2) is 47.2 Å². The van der Waals surface area contributed by atoms with E-state index in [4.69, 9.17) is 17.3 Å². The minimum atomic E-state index is 0.531. The largest absolute Gasteiger partial charge is 0.370 e. The summed E-state index contributed by atoms with van der Waals surface area (Å²) < 4.78 is 0. The molecule has 1 aliphatic heterocycles. The van der Waals surface area contributed by atoms with Gasteiger partial charge in [0, 0.05) is 43.1 Å². The second-order valence-corrected chi connectivity index (χ2v) is 5.64. The molecular formula is C15H19ClN6. The van der Waals surface area contributed by atoms with Crippen molar-refractivity contribution in [1.29, 1.82) is 0 Å². The van der Waals surface area contributed by atoms with Gasteiger partial charge in [-0.2, -0.15) is 5.10 Å². The maximum Gasteiger partial charge on any atom is 0.191 e. The first-order valence-corrected chi connectivity index (χ1v) is 7.64. The first-order chi connectivity index (χ1) is 10.7. The number of aromatic nitrogens is 2. The third kappa shape index (κ3) is 3.51. The van der Waals surface area contributed by atoms with Crippen LogP contribution in [0.5, 0.6) is 0 Å². The van der Waals surface area contributed by atoms with E-state index in [-0.39, 0.29) is 0 Å². The molecule has 1 aromatic carbocycles. The molecule has 0 radical (unpaired) electrons. The molecule has 116 valence electrons. The Kier molecular flexibility index (Phi) is 4.48. The van der Waals surface area contributed by atoms with E-state index in [9.17, 15) is 0 Å². The summed E-state index contributed by atoms with van der Waals surface area (Å²) in [5.41, 5.74) is 8.23. The lowest BCUT2D eigenvalue weighted by Gasteiger charge is -2.36. The van der Waals surface area contributed by atoms with Crippen molar-refractivity contribution >= 4 is 23.2 Å². The highest BCUT2D eigenvalue weighted by Crippen LogP contribution is 2.19. The van der Waals surface area contributed by atoms with E-state index in [2.05, 4.69) is 25.0 Å². The van der Waals surface area contributed by atoms with Crippen molar-refractivity contribution in [2.45, 2.75) is 6.54 Å². The maximum absolute atomic E-state index is 6.07. The molecule has 6 nitrogen and oxygen atoms in total. The molecule has 2 heterocycles. The zero-order chi connectivity index (χ0) is 15.4. The van der Waals surface area contributed by atoms with Gasteiger partial charge < -0.3 is 15.5 Å². The van der Waals surface area contributed by atoms with E-state index >= 15 is 0 Å². The maximum atomic E-state index is 6.07. The standard InChI is InChI=1S/C15H19ClN6/c16-12-1-3-14(4-2-12)21-7-9-22(10-8-21)15(17)18-11-13-5-6-19-20-13/h1-6H,7-11H2,(H2,17,18)(H,19,20). The molecule has 0 bridgehead atoms. The summed E-state index contributed by atoms with van der Waals surface area (Å²) >= 11 is 5.93. The van der Waals surface area contributed by atoms with Crippen molar-refractivity contribution < 1.29 is 0 Å². The zero-order valence-electron chi connectivity index (χ0n) is 12.2. The fraction of sp³-hybridized carbons (Fsp3) is 0.333. The third-order valence-electron chi connectivity index (χ3n) is 3.77. The normalized spacial score (nSPS) is 16.1. The van der Waals surface area contributed by atoms with Crippen LogP contribution < -0.4 is 10.6 Å². The summed E-state index contributed by atoms with van der Waals surface area (Å²) in [5, 5.41) is 7.54. The molecule has 0 spiro atoms. The molecule has 1 fully saturated rings. The summed E-state index contributed by atoms with van der Waals surface area (Å²) in [6.07, 6.45) is 1.71. The SMILES string of the molecule is NC(=NCc1ccn[nH]1)N1CCN(c2ccc(Cl)cc2)CC1. The molecule has 0 amide bonds. The van der Waals surface area contributed by atoms with Crippen LogP contribution in [0.4, 0.5) is 5.69 Å². The molecule has 7 heteroatoms. The molecule has 3 N–H and O–H groups in total. The Balaban J connectivity index is 1.54. The van der Waals surface area contributed by atoms with Crippen LogP contribution in [0.2, 0.25) is 5.02 Å². The Labute approximate surface area is 134 Å². The smallest absolute Gasteiger partial charge is 0.191 e. The molecule has 1 aromatic heterocycles. The molecule has 1 saturated heterocycles. The number of aromatic amines is 1. The Hall–Kier alpha value is -2.21. The van der Waals surface area contributed by atoms with Gasteiger partial charge >= 0.3 is 0 Å². The van der Waals surface area contributed by atoms with Gasteiger partial charge in [0.05, 0.1) is 12.2 Å². The number of piperazine rings is 1. The number of hydrogen-bond donors (Lipinski definition) is 2. The van der Waals surface area contributed by atoms with E-state index in [1.54, 1.807) is 6.20 Å². The summed E-state index contributed by atoms with van der Waals surface area (Å²) in [5.74, 6) is 0.588. The lowest BCUT2D eigenvalue weighted by Crippen LogP contribution is -2.51. The lowest BCUT2D eigenvalue weighted by atomic mass is 10.2. The minimum Gasteiger partial charge on any atom is -0.370 e. The quantitative estimate of drug-likeness (QED) is 0.667. The second-order valence-electron chi connectivity index (χ2n) is 5.21. The van der Waals surface area contributed by atoms with E-state index in [1.807, 2.05) is 30.3 Å². The Morgan fingerprint density at radius 3 is 2.55 bits per heavy atom. The first kappa shape index (κ1) is 14.7. The highest BCUT2D eigenvalue weighted by Gasteiger charge is 2.18. The number of hydrogen-bond acceptors (Lipinski definition) is 3. The van der Waals surface area contributed by atoms with Gasteiger partial charge in [-0.3, -0.25) is 5.10 Å². The fourth-order valence-electron chi connectivity index (χ4n) is 2.48. The molecule has 0 atom stereocenters. The summed E-state index contributed by atoms with van der Waals surface area (Å²) in [6.45, 7) is 4.09. The number of anilines is 1. The van der Waals surface area contributed by atoms with Crippen molar-refractivity contribution in [2.24, 2.45) is 10.7 Å². The monoisotopic (exact) mass is 318 g/mol. The third-order valence-corrected chi connectivity index (χ3v) is 4.02. The van der Waals surface area contributed by atoms with Gasteiger partial charge in [-0.25, -0.2) is 4.99 Å². The lowest BCUT2D eigenvalue weighted by molar-refractivity contribution is 0.380. The summed E-state index contributed by atoms with van der Waals surface area (Å²) in [7, 11) is 0. The van der Waals surface area contributed by atoms with Gasteiger partial charge in [-0.05, 0) is 30.3 Å². The van der Waals surface area contributed by atoms with E-state index in [0.29, 0.717) is 12.5 Å². The van der Waals surface area contributed by atoms with Gasteiger partial charge in [0.2, 0.25) is 0 Å². The topological polar surface area (TPSA) is 73.5 Å². The number of benzene rings is 1. The first-order valence-electron chi connectivity index (χ1n) is 7.26. The molecule has 2 aromatic rings.